The molecule has 3 N–H and O–H groups in total. The van der Waals surface area contributed by atoms with Crippen molar-refractivity contribution >= 4 is 22.5 Å². The van der Waals surface area contributed by atoms with Crippen LogP contribution in [0.25, 0.3) is 10.9 Å². The third kappa shape index (κ3) is 2.68. The first-order valence-electron chi connectivity index (χ1n) is 7.03. The first-order valence-corrected chi connectivity index (χ1v) is 7.03. The van der Waals surface area contributed by atoms with E-state index in [4.69, 9.17) is 5.84 Å². The molecule has 2 heterocycles. The number of aromatic nitrogens is 1. The highest BCUT2D eigenvalue weighted by molar-refractivity contribution is 5.99. The van der Waals surface area contributed by atoms with E-state index in [2.05, 4.69) is 22.4 Å². The van der Waals surface area contributed by atoms with Gasteiger partial charge in [-0.2, -0.15) is 0 Å². The van der Waals surface area contributed by atoms with Gasteiger partial charge in [0.05, 0.1) is 11.2 Å². The topological polar surface area (TPSA) is 74.5 Å². The highest BCUT2D eigenvalue weighted by atomic mass is 16.2. The normalized spacial score (nSPS) is 16.2. The summed E-state index contributed by atoms with van der Waals surface area (Å²) >= 11 is 0. The fourth-order valence-electron chi connectivity index (χ4n) is 2.58. The second kappa shape index (κ2) is 5.67. The van der Waals surface area contributed by atoms with Crippen molar-refractivity contribution in [1.29, 1.82) is 0 Å². The lowest BCUT2D eigenvalue weighted by atomic mass is 10.1. The van der Waals surface area contributed by atoms with Gasteiger partial charge in [0.15, 0.2) is 0 Å². The van der Waals surface area contributed by atoms with Gasteiger partial charge >= 0.3 is 0 Å². The average Bonchev–Trinajstić information content (AvgIpc) is 2.53. The summed E-state index contributed by atoms with van der Waals surface area (Å²) < 4.78 is 0. The molecule has 2 aromatic rings. The number of para-hydroxylation sites is 1. The van der Waals surface area contributed by atoms with Crippen LogP contribution >= 0.6 is 0 Å². The maximum atomic E-state index is 12.6. The number of fused-ring (bicyclic) bond motifs is 1. The van der Waals surface area contributed by atoms with Crippen molar-refractivity contribution in [3.05, 3.63) is 36.0 Å². The molecule has 1 amide bonds. The van der Waals surface area contributed by atoms with Crippen molar-refractivity contribution in [3.63, 3.8) is 0 Å². The molecule has 0 unspecified atom stereocenters. The SMILES string of the molecule is CN1CCN(C(=O)c2cc(NN)c3ccccc3n2)CC1. The van der Waals surface area contributed by atoms with Crippen molar-refractivity contribution in [3.8, 4) is 0 Å². The maximum absolute atomic E-state index is 12.6. The molecule has 110 valence electrons. The fourth-order valence-corrected chi connectivity index (χ4v) is 2.58. The van der Waals surface area contributed by atoms with Gasteiger partial charge < -0.3 is 15.2 Å². The Balaban J connectivity index is 1.94. The first-order chi connectivity index (χ1) is 10.2. The van der Waals surface area contributed by atoms with E-state index in [0.29, 0.717) is 5.69 Å². The molecular formula is C15H19N5O. The summed E-state index contributed by atoms with van der Waals surface area (Å²) in [7, 11) is 2.06. The second-order valence-electron chi connectivity index (χ2n) is 5.31. The second-order valence-corrected chi connectivity index (χ2v) is 5.31. The van der Waals surface area contributed by atoms with Gasteiger partial charge in [-0.15, -0.1) is 0 Å². The molecule has 0 atom stereocenters. The maximum Gasteiger partial charge on any atom is 0.272 e. The zero-order valence-electron chi connectivity index (χ0n) is 12.0. The van der Waals surface area contributed by atoms with E-state index in [9.17, 15) is 4.79 Å². The van der Waals surface area contributed by atoms with Crippen molar-refractivity contribution in [2.45, 2.75) is 0 Å². The Morgan fingerprint density at radius 2 is 1.95 bits per heavy atom. The zero-order valence-corrected chi connectivity index (χ0v) is 12.0. The van der Waals surface area contributed by atoms with Gasteiger partial charge in [-0.3, -0.25) is 10.6 Å². The summed E-state index contributed by atoms with van der Waals surface area (Å²) in [5, 5.41) is 0.912. The lowest BCUT2D eigenvalue weighted by Gasteiger charge is -2.32. The third-order valence-corrected chi connectivity index (χ3v) is 3.88. The number of anilines is 1. The van der Waals surface area contributed by atoms with Crippen LogP contribution in [0.4, 0.5) is 5.69 Å². The number of hydrogen-bond acceptors (Lipinski definition) is 5. The molecule has 6 heteroatoms. The number of likely N-dealkylation sites (N-methyl/N-ethyl adjacent to an activating group) is 1. The van der Waals surface area contributed by atoms with Crippen molar-refractivity contribution < 1.29 is 4.79 Å². The van der Waals surface area contributed by atoms with E-state index < -0.39 is 0 Å². The molecule has 21 heavy (non-hydrogen) atoms. The number of carbonyl (C=O) groups excluding carboxylic acids is 1. The number of carbonyl (C=O) groups is 1. The Morgan fingerprint density at radius 3 is 2.67 bits per heavy atom. The number of rotatable bonds is 2. The van der Waals surface area contributed by atoms with Crippen LogP contribution in [0.1, 0.15) is 10.5 Å². The van der Waals surface area contributed by atoms with Gasteiger partial charge in [0, 0.05) is 31.6 Å². The summed E-state index contributed by atoms with van der Waals surface area (Å²) in [6.45, 7) is 3.24. The molecular weight excluding hydrogens is 266 g/mol. The largest absolute Gasteiger partial charge is 0.335 e. The minimum absolute atomic E-state index is 0.0367. The minimum atomic E-state index is -0.0367. The number of piperazine rings is 1. The van der Waals surface area contributed by atoms with Crippen LogP contribution in [0, 0.1) is 0 Å². The van der Waals surface area contributed by atoms with Gasteiger partial charge in [-0.25, -0.2) is 4.98 Å². The highest BCUT2D eigenvalue weighted by Crippen LogP contribution is 2.23. The van der Waals surface area contributed by atoms with Crippen LogP contribution < -0.4 is 11.3 Å². The molecule has 0 saturated carbocycles. The summed E-state index contributed by atoms with van der Waals surface area (Å²) in [5.74, 6) is 5.54. The molecule has 0 radical (unpaired) electrons. The zero-order chi connectivity index (χ0) is 14.8. The Morgan fingerprint density at radius 1 is 1.24 bits per heavy atom. The molecule has 1 fully saturated rings. The molecule has 1 aliphatic rings. The predicted molar refractivity (Wildman–Crippen MR) is 83.0 cm³/mol. The van der Waals surface area contributed by atoms with Gasteiger partial charge in [-0.1, -0.05) is 18.2 Å². The first kappa shape index (κ1) is 13.8. The third-order valence-electron chi connectivity index (χ3n) is 3.88. The molecule has 1 aromatic carbocycles. The molecule has 3 rings (SSSR count). The van der Waals surface area contributed by atoms with Crippen molar-refractivity contribution in [2.75, 3.05) is 38.7 Å². The van der Waals surface area contributed by atoms with Crippen LogP contribution in [0.5, 0.6) is 0 Å². The summed E-state index contributed by atoms with van der Waals surface area (Å²) in [5.41, 5.74) is 4.58. The Bertz CT molecular complexity index is 664. The highest BCUT2D eigenvalue weighted by Gasteiger charge is 2.22. The number of pyridine rings is 1. The monoisotopic (exact) mass is 285 g/mol. The summed E-state index contributed by atoms with van der Waals surface area (Å²) in [6.07, 6.45) is 0. The molecule has 0 aliphatic carbocycles. The molecule has 0 bridgehead atoms. The van der Waals surface area contributed by atoms with E-state index in [1.807, 2.05) is 29.2 Å². The van der Waals surface area contributed by atoms with Crippen molar-refractivity contribution in [2.24, 2.45) is 5.84 Å². The number of nitrogens with zero attached hydrogens (tertiary/aromatic N) is 3. The number of nitrogen functional groups attached to an aromatic ring is 1. The quantitative estimate of drug-likeness (QED) is 0.633. The van der Waals surface area contributed by atoms with Crippen LogP contribution in [-0.4, -0.2) is 53.9 Å². The molecule has 6 nitrogen and oxygen atoms in total. The van der Waals surface area contributed by atoms with Gasteiger partial charge in [0.2, 0.25) is 0 Å². The summed E-state index contributed by atoms with van der Waals surface area (Å²) in [4.78, 5) is 21.1. The standard InChI is InChI=1S/C15H19N5O/c1-19-6-8-20(9-7-19)15(21)14-10-13(18-16)11-4-2-3-5-12(11)17-14/h2-5,10H,6-9,16H2,1H3,(H,17,18). The van der Waals surface area contributed by atoms with Gasteiger partial charge in [-0.05, 0) is 19.2 Å². The number of amides is 1. The molecule has 1 aromatic heterocycles. The van der Waals surface area contributed by atoms with Gasteiger partial charge in [0.1, 0.15) is 5.69 Å². The lowest BCUT2D eigenvalue weighted by molar-refractivity contribution is 0.0658. The lowest BCUT2D eigenvalue weighted by Crippen LogP contribution is -2.47. The van der Waals surface area contributed by atoms with Crippen LogP contribution in [0.2, 0.25) is 0 Å². The summed E-state index contributed by atoms with van der Waals surface area (Å²) in [6, 6.07) is 9.37. The number of hydrazine groups is 1. The van der Waals surface area contributed by atoms with E-state index >= 15 is 0 Å². The van der Waals surface area contributed by atoms with E-state index in [1.165, 1.54) is 0 Å². The fraction of sp³-hybridized carbons (Fsp3) is 0.333. The van der Waals surface area contributed by atoms with E-state index in [-0.39, 0.29) is 5.91 Å². The number of nitrogens with two attached hydrogens (primary N) is 1. The Labute approximate surface area is 123 Å². The molecule has 1 saturated heterocycles. The van der Waals surface area contributed by atoms with Crippen LogP contribution in [0.3, 0.4) is 0 Å². The van der Waals surface area contributed by atoms with E-state index in [1.54, 1.807) is 6.07 Å². The Kier molecular flexibility index (Phi) is 3.72. The predicted octanol–water partition coefficient (Wildman–Crippen LogP) is 0.908. The molecule has 1 aliphatic heterocycles. The minimum Gasteiger partial charge on any atom is -0.335 e. The van der Waals surface area contributed by atoms with Crippen molar-refractivity contribution in [1.82, 2.24) is 14.8 Å². The van der Waals surface area contributed by atoms with Crippen LogP contribution in [0.15, 0.2) is 30.3 Å². The van der Waals surface area contributed by atoms with E-state index in [0.717, 1.165) is 42.8 Å². The number of hydrogen-bond donors (Lipinski definition) is 2. The Hall–Kier alpha value is -2.18. The molecule has 0 spiro atoms. The number of nitrogens with one attached hydrogen (secondary N) is 1. The number of benzene rings is 1. The smallest absolute Gasteiger partial charge is 0.272 e. The van der Waals surface area contributed by atoms with Crippen LogP contribution in [-0.2, 0) is 0 Å². The van der Waals surface area contributed by atoms with Gasteiger partial charge in [0.25, 0.3) is 5.91 Å². The average molecular weight is 285 g/mol.